The van der Waals surface area contributed by atoms with E-state index in [0.717, 1.165) is 42.3 Å². The number of aromatic nitrogens is 6. The van der Waals surface area contributed by atoms with Gasteiger partial charge in [0.2, 0.25) is 5.95 Å². The van der Waals surface area contributed by atoms with E-state index in [-0.39, 0.29) is 11.0 Å². The van der Waals surface area contributed by atoms with Crippen molar-refractivity contribution in [3.63, 3.8) is 0 Å². The highest BCUT2D eigenvalue weighted by atomic mass is 16.1. The first-order valence-corrected chi connectivity index (χ1v) is 11.4. The molecule has 0 bridgehead atoms. The number of hydrogen-bond donors (Lipinski definition) is 2. The van der Waals surface area contributed by atoms with Crippen LogP contribution in [0.1, 0.15) is 37.7 Å². The van der Waals surface area contributed by atoms with Gasteiger partial charge >= 0.3 is 0 Å². The molecule has 34 heavy (non-hydrogen) atoms. The summed E-state index contributed by atoms with van der Waals surface area (Å²) < 4.78 is 3.44. The van der Waals surface area contributed by atoms with Gasteiger partial charge in [0.15, 0.2) is 5.65 Å². The van der Waals surface area contributed by atoms with Gasteiger partial charge in [-0.05, 0) is 36.7 Å². The summed E-state index contributed by atoms with van der Waals surface area (Å²) >= 11 is 0. The first-order valence-electron chi connectivity index (χ1n) is 11.4. The molecule has 0 atom stereocenters. The van der Waals surface area contributed by atoms with Crippen molar-refractivity contribution in [2.75, 3.05) is 11.9 Å². The van der Waals surface area contributed by atoms with Crippen LogP contribution in [0.25, 0.3) is 16.7 Å². The summed E-state index contributed by atoms with van der Waals surface area (Å²) in [6, 6.07) is 5.96. The molecular weight excluding hydrogens is 428 g/mol. The monoisotopic (exact) mass is 456 g/mol. The van der Waals surface area contributed by atoms with E-state index in [1.807, 2.05) is 16.8 Å². The second-order valence-electron chi connectivity index (χ2n) is 9.45. The van der Waals surface area contributed by atoms with Crippen LogP contribution in [0.3, 0.4) is 0 Å². The number of hydrogen-bond acceptors (Lipinski definition) is 7. The molecule has 0 fully saturated rings. The minimum atomic E-state index is -0.168. The average Bonchev–Trinajstić information content (AvgIpc) is 3.10. The number of pyridine rings is 2. The van der Waals surface area contributed by atoms with Crippen LogP contribution in [0.15, 0.2) is 54.2 Å². The Morgan fingerprint density at radius 1 is 1.21 bits per heavy atom. The fourth-order valence-electron chi connectivity index (χ4n) is 4.14. The summed E-state index contributed by atoms with van der Waals surface area (Å²) in [4.78, 5) is 31.4. The summed E-state index contributed by atoms with van der Waals surface area (Å²) in [7, 11) is 0. The highest BCUT2D eigenvalue weighted by molar-refractivity contribution is 5.77. The molecule has 1 aliphatic rings. The maximum Gasteiger partial charge on any atom is 0.278 e. The molecule has 4 aromatic rings. The smallest absolute Gasteiger partial charge is 0.278 e. The van der Waals surface area contributed by atoms with E-state index in [0.29, 0.717) is 23.5 Å². The zero-order valence-corrected chi connectivity index (χ0v) is 19.7. The van der Waals surface area contributed by atoms with Crippen molar-refractivity contribution in [3.8, 4) is 5.69 Å². The van der Waals surface area contributed by atoms with E-state index >= 15 is 0 Å². The Morgan fingerprint density at radius 3 is 2.85 bits per heavy atom. The van der Waals surface area contributed by atoms with E-state index in [1.165, 1.54) is 5.56 Å². The van der Waals surface area contributed by atoms with Crippen LogP contribution in [0.4, 0.5) is 11.6 Å². The van der Waals surface area contributed by atoms with Crippen molar-refractivity contribution in [2.24, 2.45) is 0 Å². The molecule has 2 N–H and O–H groups in total. The zero-order chi connectivity index (χ0) is 23.9. The maximum absolute atomic E-state index is 13.2. The topological polar surface area (TPSA) is 103 Å². The summed E-state index contributed by atoms with van der Waals surface area (Å²) in [6.45, 7) is 12.2. The van der Waals surface area contributed by atoms with Crippen molar-refractivity contribution in [1.82, 2.24) is 34.6 Å². The lowest BCUT2D eigenvalue weighted by molar-refractivity contribution is 0.563. The molecular formula is C25H28N8O. The molecule has 4 aromatic heterocycles. The molecule has 174 valence electrons. The minimum Gasteiger partial charge on any atom is -0.323 e. The Bertz CT molecular complexity index is 1440. The van der Waals surface area contributed by atoms with Gasteiger partial charge in [0, 0.05) is 30.0 Å². The van der Waals surface area contributed by atoms with E-state index in [2.05, 4.69) is 59.0 Å². The molecule has 0 aliphatic carbocycles. The molecule has 9 heteroatoms. The van der Waals surface area contributed by atoms with Gasteiger partial charge in [0.25, 0.3) is 5.56 Å². The first kappa shape index (κ1) is 22.0. The molecule has 0 amide bonds. The van der Waals surface area contributed by atoms with Crippen molar-refractivity contribution >= 4 is 22.7 Å². The zero-order valence-electron chi connectivity index (χ0n) is 19.7. The van der Waals surface area contributed by atoms with Gasteiger partial charge < -0.3 is 10.6 Å². The quantitative estimate of drug-likeness (QED) is 0.445. The molecule has 0 saturated heterocycles. The predicted octanol–water partition coefficient (Wildman–Crippen LogP) is 3.25. The van der Waals surface area contributed by atoms with Crippen LogP contribution in [-0.2, 0) is 24.9 Å². The van der Waals surface area contributed by atoms with Crippen LogP contribution in [-0.4, -0.2) is 35.8 Å². The van der Waals surface area contributed by atoms with Gasteiger partial charge in [-0.3, -0.25) is 14.8 Å². The Labute approximate surface area is 197 Å². The number of anilines is 2. The second kappa shape index (κ2) is 8.49. The van der Waals surface area contributed by atoms with Crippen LogP contribution in [0.2, 0.25) is 0 Å². The molecule has 0 unspecified atom stereocenters. The molecule has 1 aliphatic heterocycles. The van der Waals surface area contributed by atoms with Gasteiger partial charge in [-0.1, -0.05) is 26.8 Å². The van der Waals surface area contributed by atoms with Gasteiger partial charge in [0.1, 0.15) is 5.39 Å². The van der Waals surface area contributed by atoms with Gasteiger partial charge in [-0.2, -0.15) is 4.98 Å². The normalized spacial score (nSPS) is 13.6. The van der Waals surface area contributed by atoms with Crippen molar-refractivity contribution in [3.05, 3.63) is 76.7 Å². The van der Waals surface area contributed by atoms with Crippen LogP contribution >= 0.6 is 0 Å². The highest BCUT2D eigenvalue weighted by Crippen LogP contribution is 2.24. The molecule has 9 nitrogen and oxygen atoms in total. The predicted molar refractivity (Wildman–Crippen MR) is 133 cm³/mol. The third-order valence-electron chi connectivity index (χ3n) is 5.91. The Hall–Kier alpha value is -3.85. The maximum atomic E-state index is 13.2. The third kappa shape index (κ3) is 3.99. The van der Waals surface area contributed by atoms with Crippen molar-refractivity contribution in [2.45, 2.75) is 45.7 Å². The molecule has 5 rings (SSSR count). The summed E-state index contributed by atoms with van der Waals surface area (Å²) in [5.74, 6) is 0.401. The number of allylic oxidation sites excluding steroid dienone is 1. The SMILES string of the molecule is C=CCn1c(=O)c2cnc(Nc3cnc4c(c3)CCNC4)nc2n1-c1ccnc(C(C)(C)C)c1. The fourth-order valence-corrected chi connectivity index (χ4v) is 4.14. The summed E-state index contributed by atoms with van der Waals surface area (Å²) in [5, 5.41) is 7.03. The Balaban J connectivity index is 1.62. The molecule has 0 aromatic carbocycles. The average molecular weight is 457 g/mol. The Kier molecular flexibility index (Phi) is 5.49. The van der Waals surface area contributed by atoms with E-state index in [1.54, 1.807) is 29.3 Å². The van der Waals surface area contributed by atoms with Gasteiger partial charge in [-0.25, -0.2) is 14.3 Å². The standard InChI is InChI=1S/C25H28N8O/c1-5-10-32-23(34)19-14-29-24(30-17-11-16-6-8-26-15-20(16)28-13-17)31-22(19)33(32)18-7-9-27-21(12-18)25(2,3)4/h5,7,9,11-14,26H,1,6,8,10,15H2,2-4H3,(H,29,30,31). The molecule has 5 heterocycles. The van der Waals surface area contributed by atoms with Crippen molar-refractivity contribution < 1.29 is 0 Å². The summed E-state index contributed by atoms with van der Waals surface area (Å²) in [5.41, 5.74) is 5.04. The number of nitrogens with one attached hydrogen (secondary N) is 2. The molecule has 0 radical (unpaired) electrons. The van der Waals surface area contributed by atoms with Crippen molar-refractivity contribution in [1.29, 1.82) is 0 Å². The third-order valence-corrected chi connectivity index (χ3v) is 5.91. The Morgan fingerprint density at radius 2 is 2.06 bits per heavy atom. The van der Waals surface area contributed by atoms with E-state index in [9.17, 15) is 4.79 Å². The van der Waals surface area contributed by atoms with Crippen LogP contribution < -0.4 is 16.2 Å². The lowest BCUT2D eigenvalue weighted by Gasteiger charge is -2.19. The lowest BCUT2D eigenvalue weighted by atomic mass is 9.91. The highest BCUT2D eigenvalue weighted by Gasteiger charge is 2.20. The fraction of sp³-hybridized carbons (Fsp3) is 0.320. The lowest BCUT2D eigenvalue weighted by Crippen LogP contribution is -2.24. The summed E-state index contributed by atoms with van der Waals surface area (Å²) in [6.07, 6.45) is 7.75. The van der Waals surface area contributed by atoms with Gasteiger partial charge in [-0.15, -0.1) is 6.58 Å². The first-order chi connectivity index (χ1) is 16.3. The number of nitrogens with zero attached hydrogens (tertiary/aromatic N) is 6. The largest absolute Gasteiger partial charge is 0.323 e. The molecule has 0 saturated carbocycles. The van der Waals surface area contributed by atoms with Gasteiger partial charge in [0.05, 0.1) is 29.8 Å². The van der Waals surface area contributed by atoms with Crippen LogP contribution in [0, 0.1) is 0 Å². The second-order valence-corrected chi connectivity index (χ2v) is 9.45. The number of rotatable bonds is 5. The van der Waals surface area contributed by atoms with E-state index < -0.39 is 0 Å². The van der Waals surface area contributed by atoms with E-state index in [4.69, 9.17) is 4.98 Å². The molecule has 0 spiro atoms. The van der Waals surface area contributed by atoms with Crippen LogP contribution in [0.5, 0.6) is 0 Å². The minimum absolute atomic E-state index is 0.140. The number of fused-ring (bicyclic) bond motifs is 2.